The lowest BCUT2D eigenvalue weighted by Gasteiger charge is -2.36. The summed E-state index contributed by atoms with van der Waals surface area (Å²) in [4.78, 5) is 14.4. The van der Waals surface area contributed by atoms with E-state index in [-0.39, 0.29) is 11.9 Å². The Labute approximate surface area is 150 Å². The van der Waals surface area contributed by atoms with Gasteiger partial charge in [-0.15, -0.1) is 0 Å². The fourth-order valence-electron chi connectivity index (χ4n) is 3.79. The third kappa shape index (κ3) is 4.93. The lowest BCUT2D eigenvalue weighted by atomic mass is 9.85. The molecule has 0 heterocycles. The number of carbonyl (C=O) groups is 1. The van der Waals surface area contributed by atoms with Gasteiger partial charge in [0.15, 0.2) is 0 Å². The molecule has 0 saturated heterocycles. The summed E-state index contributed by atoms with van der Waals surface area (Å²) in [6, 6.07) is 21.8. The number of hydrogen-bond acceptors (Lipinski definition) is 3. The summed E-state index contributed by atoms with van der Waals surface area (Å²) in [5.74, 6) is 0.0349. The second kappa shape index (κ2) is 8.82. The Morgan fingerprint density at radius 2 is 1.36 bits per heavy atom. The number of hydrogen-bond donors (Lipinski definition) is 0. The van der Waals surface area contributed by atoms with Crippen LogP contribution in [-0.4, -0.2) is 24.0 Å². The molecule has 0 N–H and O–H groups in total. The first-order valence-corrected chi connectivity index (χ1v) is 9.16. The van der Waals surface area contributed by atoms with Crippen molar-refractivity contribution in [2.75, 3.05) is 7.11 Å². The van der Waals surface area contributed by atoms with E-state index in [0.717, 1.165) is 38.8 Å². The van der Waals surface area contributed by atoms with Crippen LogP contribution < -0.4 is 0 Å². The highest BCUT2D eigenvalue weighted by Gasteiger charge is 2.30. The highest BCUT2D eigenvalue weighted by atomic mass is 16.5. The maximum Gasteiger partial charge on any atom is 0.308 e. The molecule has 0 aliphatic heterocycles. The average Bonchev–Trinajstić information content (AvgIpc) is 2.68. The minimum atomic E-state index is -0.0453. The fraction of sp³-hybridized carbons (Fsp3) is 0.409. The molecule has 2 aromatic rings. The van der Waals surface area contributed by atoms with Gasteiger partial charge in [-0.05, 0) is 36.8 Å². The zero-order valence-electron chi connectivity index (χ0n) is 14.9. The molecule has 3 nitrogen and oxygen atoms in total. The number of carbonyl (C=O) groups excluding carboxylic acids is 1. The van der Waals surface area contributed by atoms with Gasteiger partial charge in [-0.2, -0.15) is 0 Å². The van der Waals surface area contributed by atoms with Crippen LogP contribution in [0, 0.1) is 5.92 Å². The average molecular weight is 337 g/mol. The third-order valence-corrected chi connectivity index (χ3v) is 5.20. The van der Waals surface area contributed by atoms with Gasteiger partial charge in [0.2, 0.25) is 0 Å². The first kappa shape index (κ1) is 17.7. The van der Waals surface area contributed by atoms with Crippen LogP contribution in [-0.2, 0) is 22.6 Å². The standard InChI is InChI=1S/C22H27NO2/c1-25-22(24)20-12-14-21(15-13-20)23(16-18-8-4-2-5-9-18)17-19-10-6-3-7-11-19/h2-11,20-21H,12-17H2,1H3. The minimum Gasteiger partial charge on any atom is -0.469 e. The molecule has 0 radical (unpaired) electrons. The number of rotatable bonds is 6. The van der Waals surface area contributed by atoms with E-state index in [1.807, 2.05) is 0 Å². The van der Waals surface area contributed by atoms with Gasteiger partial charge < -0.3 is 4.74 Å². The van der Waals surface area contributed by atoms with Crippen LogP contribution in [0.15, 0.2) is 60.7 Å². The Kier molecular flexibility index (Phi) is 6.24. The van der Waals surface area contributed by atoms with Gasteiger partial charge in [0, 0.05) is 19.1 Å². The fourth-order valence-corrected chi connectivity index (χ4v) is 3.79. The van der Waals surface area contributed by atoms with Crippen molar-refractivity contribution in [3.8, 4) is 0 Å². The number of ether oxygens (including phenoxy) is 1. The number of nitrogens with zero attached hydrogens (tertiary/aromatic N) is 1. The maximum atomic E-state index is 11.8. The molecule has 3 heteroatoms. The van der Waals surface area contributed by atoms with Crippen LogP contribution >= 0.6 is 0 Å². The SMILES string of the molecule is COC(=O)C1CCC(N(Cc2ccccc2)Cc2ccccc2)CC1. The topological polar surface area (TPSA) is 29.5 Å². The normalized spacial score (nSPS) is 20.4. The van der Waals surface area contributed by atoms with E-state index in [0.29, 0.717) is 6.04 Å². The smallest absolute Gasteiger partial charge is 0.308 e. The van der Waals surface area contributed by atoms with Gasteiger partial charge in [0.25, 0.3) is 0 Å². The second-order valence-corrected chi connectivity index (χ2v) is 6.90. The van der Waals surface area contributed by atoms with Crippen molar-refractivity contribution in [1.82, 2.24) is 4.90 Å². The first-order chi connectivity index (χ1) is 12.3. The van der Waals surface area contributed by atoms with E-state index < -0.39 is 0 Å². The van der Waals surface area contributed by atoms with Gasteiger partial charge in [-0.3, -0.25) is 9.69 Å². The number of benzene rings is 2. The monoisotopic (exact) mass is 337 g/mol. The molecule has 1 fully saturated rings. The lowest BCUT2D eigenvalue weighted by Crippen LogP contribution is -2.38. The Morgan fingerprint density at radius 1 is 0.880 bits per heavy atom. The highest BCUT2D eigenvalue weighted by molar-refractivity contribution is 5.72. The molecule has 0 spiro atoms. The summed E-state index contributed by atoms with van der Waals surface area (Å²) in [6.45, 7) is 1.90. The molecule has 1 aliphatic carbocycles. The molecule has 0 bridgehead atoms. The van der Waals surface area contributed by atoms with Crippen molar-refractivity contribution >= 4 is 5.97 Å². The first-order valence-electron chi connectivity index (χ1n) is 9.16. The number of esters is 1. The molecule has 25 heavy (non-hydrogen) atoms. The van der Waals surface area contributed by atoms with Crippen LogP contribution in [0.25, 0.3) is 0 Å². The summed E-state index contributed by atoms with van der Waals surface area (Å²) in [6.07, 6.45) is 3.97. The Balaban J connectivity index is 1.69. The highest BCUT2D eigenvalue weighted by Crippen LogP contribution is 2.30. The molecular formula is C22H27NO2. The summed E-state index contributed by atoms with van der Waals surface area (Å²) in [5, 5.41) is 0. The Hall–Kier alpha value is -2.13. The van der Waals surface area contributed by atoms with Crippen LogP contribution in [0.1, 0.15) is 36.8 Å². The van der Waals surface area contributed by atoms with E-state index >= 15 is 0 Å². The van der Waals surface area contributed by atoms with Crippen molar-refractivity contribution in [2.24, 2.45) is 5.92 Å². The van der Waals surface area contributed by atoms with Crippen molar-refractivity contribution in [3.05, 3.63) is 71.8 Å². The molecule has 0 unspecified atom stereocenters. The van der Waals surface area contributed by atoms with Crippen molar-refractivity contribution in [1.29, 1.82) is 0 Å². The molecule has 3 rings (SSSR count). The van der Waals surface area contributed by atoms with Crippen molar-refractivity contribution in [2.45, 2.75) is 44.8 Å². The van der Waals surface area contributed by atoms with Gasteiger partial charge in [0.05, 0.1) is 13.0 Å². The van der Waals surface area contributed by atoms with Gasteiger partial charge in [0.1, 0.15) is 0 Å². The molecule has 0 atom stereocenters. The molecule has 0 amide bonds. The van der Waals surface area contributed by atoms with Gasteiger partial charge in [-0.25, -0.2) is 0 Å². The van der Waals surface area contributed by atoms with Crippen LogP contribution in [0.4, 0.5) is 0 Å². The summed E-state index contributed by atoms with van der Waals surface area (Å²) in [7, 11) is 1.49. The Bertz CT molecular complexity index is 607. The summed E-state index contributed by atoms with van der Waals surface area (Å²) in [5.41, 5.74) is 2.68. The molecule has 2 aromatic carbocycles. The molecule has 1 saturated carbocycles. The molecule has 132 valence electrons. The lowest BCUT2D eigenvalue weighted by molar-refractivity contribution is -0.147. The molecular weight excluding hydrogens is 310 g/mol. The summed E-state index contributed by atoms with van der Waals surface area (Å²) >= 11 is 0. The van der Waals surface area contributed by atoms with Crippen LogP contribution in [0.3, 0.4) is 0 Å². The quantitative estimate of drug-likeness (QED) is 0.731. The minimum absolute atomic E-state index is 0.0453. The molecule has 0 aromatic heterocycles. The largest absolute Gasteiger partial charge is 0.469 e. The van der Waals surface area contributed by atoms with E-state index in [1.54, 1.807) is 0 Å². The van der Waals surface area contributed by atoms with Crippen molar-refractivity contribution in [3.63, 3.8) is 0 Å². The van der Waals surface area contributed by atoms with E-state index in [1.165, 1.54) is 18.2 Å². The zero-order chi connectivity index (χ0) is 17.5. The predicted octanol–water partition coefficient (Wildman–Crippen LogP) is 4.42. The Morgan fingerprint density at radius 3 is 1.80 bits per heavy atom. The summed E-state index contributed by atoms with van der Waals surface area (Å²) < 4.78 is 4.92. The predicted molar refractivity (Wildman–Crippen MR) is 99.9 cm³/mol. The van der Waals surface area contributed by atoms with E-state index in [4.69, 9.17) is 4.74 Å². The van der Waals surface area contributed by atoms with Gasteiger partial charge >= 0.3 is 5.97 Å². The van der Waals surface area contributed by atoms with Crippen molar-refractivity contribution < 1.29 is 9.53 Å². The van der Waals surface area contributed by atoms with E-state index in [9.17, 15) is 4.79 Å². The van der Waals surface area contributed by atoms with Gasteiger partial charge in [-0.1, -0.05) is 60.7 Å². The third-order valence-electron chi connectivity index (χ3n) is 5.20. The van der Waals surface area contributed by atoms with Crippen LogP contribution in [0.2, 0.25) is 0 Å². The zero-order valence-corrected chi connectivity index (χ0v) is 14.9. The van der Waals surface area contributed by atoms with Crippen LogP contribution in [0.5, 0.6) is 0 Å². The number of methoxy groups -OCH3 is 1. The van der Waals surface area contributed by atoms with E-state index in [2.05, 4.69) is 65.6 Å². The molecule has 1 aliphatic rings. The maximum absolute atomic E-state index is 11.8. The second-order valence-electron chi connectivity index (χ2n) is 6.90.